The lowest BCUT2D eigenvalue weighted by Crippen LogP contribution is -2.07. The molecule has 0 atom stereocenters. The van der Waals surface area contributed by atoms with Crippen LogP contribution in [0.25, 0.3) is 66.1 Å². The molecule has 10 rings (SSSR count). The van der Waals surface area contributed by atoms with Gasteiger partial charge in [-0.2, -0.15) is 0 Å². The monoisotopic (exact) mass is 852 g/mol. The molecule has 0 aliphatic heterocycles. The number of halogens is 2. The molecule has 2 heterocycles. The second kappa shape index (κ2) is 16.3. The second-order valence-electron chi connectivity index (χ2n) is 14.3. The number of hydrogen-bond donors (Lipinski definition) is 2. The second-order valence-corrected chi connectivity index (χ2v) is 15.1. The zero-order chi connectivity index (χ0) is 43.1. The topological polar surface area (TPSA) is 135 Å². The van der Waals surface area contributed by atoms with Gasteiger partial charge in [-0.25, -0.2) is 0 Å². The SMILES string of the molecule is O=C(c1cc(-c2ccccc2Cl)c2oc3ccccc3c(=O)c2c1)c1ccccc1O.O=C(c1cc(-c2ccccc2Cl)c2oc3ccccc3c(=O)c2c1)c1ccccc1O. The molecule has 10 aromatic rings. The molecule has 10 heteroatoms. The fourth-order valence-electron chi connectivity index (χ4n) is 7.48. The Morgan fingerprint density at radius 2 is 0.758 bits per heavy atom. The van der Waals surface area contributed by atoms with Crippen molar-refractivity contribution in [1.82, 2.24) is 0 Å². The molecule has 300 valence electrons. The van der Waals surface area contributed by atoms with E-state index in [0.29, 0.717) is 65.4 Å². The standard InChI is InChI=1S/2C26H15ClO4/c2*27-21-10-4-1-7-16(21)19-13-15(24(29)17-8-2-5-11-22(17)28)14-20-25(30)18-9-3-6-12-23(18)31-26(19)20/h2*1-14,28H. The fourth-order valence-corrected chi connectivity index (χ4v) is 7.95. The lowest BCUT2D eigenvalue weighted by atomic mass is 9.94. The van der Waals surface area contributed by atoms with Crippen molar-refractivity contribution < 1.29 is 28.6 Å². The van der Waals surface area contributed by atoms with Gasteiger partial charge < -0.3 is 19.0 Å². The predicted octanol–water partition coefficient (Wildman–Crippen LogP) is 12.4. The van der Waals surface area contributed by atoms with Crippen LogP contribution in [-0.2, 0) is 0 Å². The molecule has 0 spiro atoms. The number of carbonyl (C=O) groups excluding carboxylic acids is 2. The Balaban J connectivity index is 0.000000158. The minimum atomic E-state index is -0.402. The third kappa shape index (κ3) is 7.17. The number of rotatable bonds is 6. The van der Waals surface area contributed by atoms with E-state index in [1.807, 2.05) is 12.1 Å². The first kappa shape index (κ1) is 39.7. The van der Waals surface area contributed by atoms with Crippen LogP contribution >= 0.6 is 23.2 Å². The normalized spacial score (nSPS) is 11.1. The molecule has 0 amide bonds. The van der Waals surface area contributed by atoms with Crippen LogP contribution in [0.3, 0.4) is 0 Å². The number of phenolic OH excluding ortho intramolecular Hbond substituents is 2. The van der Waals surface area contributed by atoms with Crippen LogP contribution in [0.1, 0.15) is 31.8 Å². The van der Waals surface area contributed by atoms with Crippen molar-refractivity contribution in [3.05, 3.63) is 223 Å². The maximum atomic E-state index is 13.3. The molecule has 0 radical (unpaired) electrons. The largest absolute Gasteiger partial charge is 0.507 e. The molecule has 0 unspecified atom stereocenters. The maximum absolute atomic E-state index is 13.3. The molecule has 8 nitrogen and oxygen atoms in total. The molecule has 8 aromatic carbocycles. The van der Waals surface area contributed by atoms with Crippen molar-refractivity contribution in [2.75, 3.05) is 0 Å². The number of benzene rings is 8. The van der Waals surface area contributed by atoms with Gasteiger partial charge in [-0.3, -0.25) is 19.2 Å². The van der Waals surface area contributed by atoms with Crippen LogP contribution in [0, 0.1) is 0 Å². The van der Waals surface area contributed by atoms with E-state index in [9.17, 15) is 29.4 Å². The summed E-state index contributed by atoms with van der Waals surface area (Å²) >= 11 is 12.9. The number of ketones is 2. The van der Waals surface area contributed by atoms with Crippen LogP contribution in [0.4, 0.5) is 0 Å². The highest BCUT2D eigenvalue weighted by Gasteiger charge is 2.22. The van der Waals surface area contributed by atoms with Crippen LogP contribution in [0.5, 0.6) is 11.5 Å². The smallest absolute Gasteiger partial charge is 0.200 e. The summed E-state index contributed by atoms with van der Waals surface area (Å²) in [4.78, 5) is 53.0. The van der Waals surface area contributed by atoms with Crippen molar-refractivity contribution in [3.8, 4) is 33.8 Å². The van der Waals surface area contributed by atoms with Crippen LogP contribution < -0.4 is 10.9 Å². The zero-order valence-electron chi connectivity index (χ0n) is 32.3. The Morgan fingerprint density at radius 3 is 1.16 bits per heavy atom. The van der Waals surface area contributed by atoms with Gasteiger partial charge in [-0.1, -0.05) is 108 Å². The third-order valence-corrected chi connectivity index (χ3v) is 11.2. The number of fused-ring (bicyclic) bond motifs is 4. The number of hydrogen-bond acceptors (Lipinski definition) is 8. The van der Waals surface area contributed by atoms with E-state index < -0.39 is 11.6 Å². The summed E-state index contributed by atoms with van der Waals surface area (Å²) in [6.45, 7) is 0. The van der Waals surface area contributed by atoms with E-state index in [1.54, 1.807) is 133 Å². The Morgan fingerprint density at radius 1 is 0.403 bits per heavy atom. The Labute approximate surface area is 362 Å². The highest BCUT2D eigenvalue weighted by molar-refractivity contribution is 6.34. The molecular weight excluding hydrogens is 823 g/mol. The molecule has 0 saturated carbocycles. The summed E-state index contributed by atoms with van der Waals surface area (Å²) in [5.41, 5.74) is 4.28. The first-order chi connectivity index (χ1) is 30.1. The summed E-state index contributed by atoms with van der Waals surface area (Å²) in [5, 5.41) is 22.6. The van der Waals surface area contributed by atoms with Crippen molar-refractivity contribution in [3.63, 3.8) is 0 Å². The van der Waals surface area contributed by atoms with E-state index in [4.69, 9.17) is 32.0 Å². The number of aromatic hydroxyl groups is 2. The van der Waals surface area contributed by atoms with Gasteiger partial charge >= 0.3 is 0 Å². The summed E-state index contributed by atoms with van der Waals surface area (Å²) < 4.78 is 12.2. The first-order valence-corrected chi connectivity index (χ1v) is 20.0. The zero-order valence-corrected chi connectivity index (χ0v) is 33.8. The van der Waals surface area contributed by atoms with Crippen molar-refractivity contribution in [2.24, 2.45) is 0 Å². The quantitative estimate of drug-likeness (QED) is 0.125. The molecule has 2 aromatic heterocycles. The van der Waals surface area contributed by atoms with Gasteiger partial charge in [0, 0.05) is 43.4 Å². The van der Waals surface area contributed by atoms with Crippen molar-refractivity contribution in [1.29, 1.82) is 0 Å². The Kier molecular flexibility index (Phi) is 10.5. The highest BCUT2D eigenvalue weighted by atomic mass is 35.5. The summed E-state index contributed by atoms with van der Waals surface area (Å²) in [5.74, 6) is -1.06. The van der Waals surface area contributed by atoms with E-state index in [2.05, 4.69) is 0 Å². The van der Waals surface area contributed by atoms with E-state index in [0.717, 1.165) is 0 Å². The van der Waals surface area contributed by atoms with E-state index >= 15 is 0 Å². The minimum absolute atomic E-state index is 0.127. The lowest BCUT2D eigenvalue weighted by molar-refractivity contribution is 0.102. The number of para-hydroxylation sites is 4. The van der Waals surface area contributed by atoms with E-state index in [1.165, 1.54) is 24.3 Å². The molecular formula is C52H30Cl2O8. The summed E-state index contributed by atoms with van der Waals surface area (Å²) in [6, 6.07) is 47.2. The van der Waals surface area contributed by atoms with Crippen LogP contribution in [0.15, 0.2) is 188 Å². The summed E-state index contributed by atoms with van der Waals surface area (Å²) in [6.07, 6.45) is 0. The van der Waals surface area contributed by atoms with Crippen molar-refractivity contribution >= 4 is 78.6 Å². The first-order valence-electron chi connectivity index (χ1n) is 19.2. The van der Waals surface area contributed by atoms with Gasteiger partial charge in [0.25, 0.3) is 0 Å². The average Bonchev–Trinajstić information content (AvgIpc) is 3.29. The third-order valence-electron chi connectivity index (χ3n) is 10.5. The van der Waals surface area contributed by atoms with Crippen LogP contribution in [-0.4, -0.2) is 21.8 Å². The highest BCUT2D eigenvalue weighted by Crippen LogP contribution is 2.38. The van der Waals surface area contributed by atoms with Gasteiger partial charge in [0.15, 0.2) is 11.6 Å². The molecule has 0 aliphatic rings. The van der Waals surface area contributed by atoms with Gasteiger partial charge in [0.05, 0.1) is 32.7 Å². The molecule has 0 saturated heterocycles. The van der Waals surface area contributed by atoms with Crippen molar-refractivity contribution in [2.45, 2.75) is 0 Å². The van der Waals surface area contributed by atoms with Gasteiger partial charge in [-0.15, -0.1) is 0 Å². The van der Waals surface area contributed by atoms with E-state index in [-0.39, 0.29) is 55.4 Å². The molecule has 2 N–H and O–H groups in total. The maximum Gasteiger partial charge on any atom is 0.200 e. The minimum Gasteiger partial charge on any atom is -0.507 e. The average molecular weight is 854 g/mol. The molecule has 62 heavy (non-hydrogen) atoms. The Bertz CT molecular complexity index is 3330. The van der Waals surface area contributed by atoms with Gasteiger partial charge in [0.1, 0.15) is 33.8 Å². The Hall–Kier alpha value is -7.78. The lowest BCUT2D eigenvalue weighted by Gasteiger charge is -2.12. The van der Waals surface area contributed by atoms with Gasteiger partial charge in [0.2, 0.25) is 10.9 Å². The predicted molar refractivity (Wildman–Crippen MR) is 244 cm³/mol. The van der Waals surface area contributed by atoms with Crippen LogP contribution in [0.2, 0.25) is 10.0 Å². The molecule has 0 aliphatic carbocycles. The molecule has 0 bridgehead atoms. The molecule has 0 fully saturated rings. The van der Waals surface area contributed by atoms with Gasteiger partial charge in [-0.05, 0) is 84.9 Å². The summed E-state index contributed by atoms with van der Waals surface area (Å²) in [7, 11) is 0. The fraction of sp³-hybridized carbons (Fsp3) is 0. The number of phenols is 2. The number of carbonyl (C=O) groups is 2.